The third-order valence-corrected chi connectivity index (χ3v) is 5.11. The summed E-state index contributed by atoms with van der Waals surface area (Å²) in [4.78, 5) is 1.08. The van der Waals surface area contributed by atoms with Crippen molar-refractivity contribution in [2.24, 2.45) is 5.10 Å². The average Bonchev–Trinajstić information content (AvgIpc) is 2.88. The first-order chi connectivity index (χ1) is 9.97. The highest BCUT2D eigenvalue weighted by molar-refractivity contribution is 9.11. The van der Waals surface area contributed by atoms with E-state index in [9.17, 15) is 0 Å². The van der Waals surface area contributed by atoms with Gasteiger partial charge in [-0.2, -0.15) is 5.10 Å². The Balaban J connectivity index is 2.00. The fourth-order valence-electron chi connectivity index (χ4n) is 1.59. The van der Waals surface area contributed by atoms with Crippen molar-refractivity contribution in [1.82, 2.24) is 5.43 Å². The van der Waals surface area contributed by atoms with Crippen LogP contribution in [0.3, 0.4) is 0 Å². The van der Waals surface area contributed by atoms with E-state index in [2.05, 4.69) is 31.8 Å². The molecule has 1 aromatic carbocycles. The molecule has 1 aromatic heterocycles. The van der Waals surface area contributed by atoms with Gasteiger partial charge in [-0.3, -0.25) is 5.43 Å². The molecule has 0 unspecified atom stereocenters. The minimum atomic E-state index is 0.426. The van der Waals surface area contributed by atoms with Crippen molar-refractivity contribution in [3.63, 3.8) is 0 Å². The zero-order valence-electron chi connectivity index (χ0n) is 11.4. The van der Waals surface area contributed by atoms with Gasteiger partial charge >= 0.3 is 0 Å². The van der Waals surface area contributed by atoms with Gasteiger partial charge in [0.25, 0.3) is 0 Å². The zero-order valence-corrected chi connectivity index (χ0v) is 15.4. The number of thiophene rings is 1. The molecule has 7 heteroatoms. The summed E-state index contributed by atoms with van der Waals surface area (Å²) < 4.78 is 1.07. The van der Waals surface area contributed by atoms with Gasteiger partial charge in [-0.1, -0.05) is 17.7 Å². The van der Waals surface area contributed by atoms with Gasteiger partial charge in [-0.15, -0.1) is 11.3 Å². The molecule has 0 aliphatic carbocycles. The first-order valence-electron chi connectivity index (χ1n) is 6.09. The number of rotatable bonds is 3. The molecule has 2 aromatic rings. The van der Waals surface area contributed by atoms with Crippen molar-refractivity contribution in [3.05, 3.63) is 49.6 Å². The summed E-state index contributed by atoms with van der Waals surface area (Å²) in [5, 5.41) is 8.49. The lowest BCUT2D eigenvalue weighted by Gasteiger charge is -2.11. The molecule has 0 bridgehead atoms. The molecule has 0 spiro atoms. The summed E-state index contributed by atoms with van der Waals surface area (Å²) in [5.74, 6) is 0. The summed E-state index contributed by atoms with van der Waals surface area (Å²) in [5.41, 5.74) is 5.53. The van der Waals surface area contributed by atoms with Crippen LogP contribution in [0.5, 0.6) is 0 Å². The van der Waals surface area contributed by atoms with E-state index in [-0.39, 0.29) is 0 Å². The fourth-order valence-corrected chi connectivity index (χ4v) is 3.25. The molecule has 2 N–H and O–H groups in total. The Hall–Kier alpha value is -0.950. The molecule has 110 valence electrons. The lowest BCUT2D eigenvalue weighted by molar-refractivity contribution is 1.04. The van der Waals surface area contributed by atoms with Crippen LogP contribution in [0.1, 0.15) is 17.4 Å². The normalized spacial score (nSPS) is 11.3. The first kappa shape index (κ1) is 16.4. The van der Waals surface area contributed by atoms with Gasteiger partial charge in [0.2, 0.25) is 0 Å². The van der Waals surface area contributed by atoms with Crippen LogP contribution in [0, 0.1) is 6.92 Å². The average molecular weight is 403 g/mol. The summed E-state index contributed by atoms with van der Waals surface area (Å²) in [6.45, 7) is 3.86. The van der Waals surface area contributed by atoms with E-state index in [4.69, 9.17) is 23.8 Å². The number of thiocarbonyl (C=S) groups is 1. The van der Waals surface area contributed by atoms with E-state index in [0.717, 1.165) is 25.6 Å². The minimum absolute atomic E-state index is 0.426. The van der Waals surface area contributed by atoms with Crippen LogP contribution in [0.4, 0.5) is 5.69 Å². The van der Waals surface area contributed by atoms with Crippen molar-refractivity contribution in [2.45, 2.75) is 13.8 Å². The van der Waals surface area contributed by atoms with E-state index >= 15 is 0 Å². The minimum Gasteiger partial charge on any atom is -0.331 e. The quantitative estimate of drug-likeness (QED) is 0.422. The van der Waals surface area contributed by atoms with E-state index in [1.54, 1.807) is 11.3 Å². The van der Waals surface area contributed by atoms with Crippen LogP contribution in [0.25, 0.3) is 0 Å². The van der Waals surface area contributed by atoms with Crippen LogP contribution in [-0.4, -0.2) is 10.8 Å². The van der Waals surface area contributed by atoms with E-state index in [1.807, 2.05) is 44.2 Å². The molecule has 3 nitrogen and oxygen atoms in total. The van der Waals surface area contributed by atoms with Crippen LogP contribution in [0.2, 0.25) is 5.02 Å². The number of nitrogens with one attached hydrogen (secondary N) is 2. The Kier molecular flexibility index (Phi) is 5.75. The summed E-state index contributed by atoms with van der Waals surface area (Å²) >= 11 is 16.4. The fraction of sp³-hybridized carbons (Fsp3) is 0.143. The van der Waals surface area contributed by atoms with E-state index in [0.29, 0.717) is 10.1 Å². The summed E-state index contributed by atoms with van der Waals surface area (Å²) in [7, 11) is 0. The molecule has 0 fully saturated rings. The smallest absolute Gasteiger partial charge is 0.191 e. The largest absolute Gasteiger partial charge is 0.331 e. The standard InChI is InChI=1S/C14H13BrClN3S2/c1-8-10(16)4-3-5-11(8)17-14(20)19-18-9(2)12-6-7-13(15)21-12/h3-7H,1-2H3,(H2,17,19,20)/b18-9+. The Morgan fingerprint density at radius 2 is 2.10 bits per heavy atom. The van der Waals surface area contributed by atoms with Gasteiger partial charge < -0.3 is 5.32 Å². The van der Waals surface area contributed by atoms with Gasteiger partial charge in [-0.05, 0) is 71.8 Å². The van der Waals surface area contributed by atoms with Crippen molar-refractivity contribution in [2.75, 3.05) is 5.32 Å². The number of halogens is 2. The van der Waals surface area contributed by atoms with E-state index in [1.165, 1.54) is 0 Å². The number of benzene rings is 1. The van der Waals surface area contributed by atoms with Crippen LogP contribution in [-0.2, 0) is 0 Å². The topological polar surface area (TPSA) is 36.4 Å². The second-order valence-electron chi connectivity index (χ2n) is 4.28. The molecule has 0 radical (unpaired) electrons. The van der Waals surface area contributed by atoms with Crippen LogP contribution >= 0.6 is 51.1 Å². The molecule has 0 aliphatic heterocycles. The molecule has 0 aliphatic rings. The van der Waals surface area contributed by atoms with Crippen molar-refractivity contribution < 1.29 is 0 Å². The van der Waals surface area contributed by atoms with Gasteiger partial charge in [0, 0.05) is 10.7 Å². The molecule has 0 atom stereocenters. The number of nitrogens with zero attached hydrogens (tertiary/aromatic N) is 1. The predicted octanol–water partition coefficient (Wildman–Crippen LogP) is 5.18. The van der Waals surface area contributed by atoms with Gasteiger partial charge in [0.05, 0.1) is 14.4 Å². The third-order valence-electron chi connectivity index (χ3n) is 2.77. The number of hydrogen-bond donors (Lipinski definition) is 2. The maximum Gasteiger partial charge on any atom is 0.191 e. The Labute approximate surface area is 146 Å². The molecular weight excluding hydrogens is 390 g/mol. The number of hydrogen-bond acceptors (Lipinski definition) is 3. The molecule has 2 rings (SSSR count). The maximum absolute atomic E-state index is 6.07. The molecular formula is C14H13BrClN3S2. The number of anilines is 1. The first-order valence-corrected chi connectivity index (χ1v) is 8.49. The van der Waals surface area contributed by atoms with Crippen LogP contribution in [0.15, 0.2) is 39.2 Å². The lowest BCUT2D eigenvalue weighted by atomic mass is 10.2. The van der Waals surface area contributed by atoms with Crippen molar-refractivity contribution in [1.29, 1.82) is 0 Å². The molecule has 1 heterocycles. The Morgan fingerprint density at radius 1 is 1.33 bits per heavy atom. The Bertz CT molecular complexity index is 697. The number of hydrazone groups is 1. The molecule has 0 saturated carbocycles. The maximum atomic E-state index is 6.07. The highest BCUT2D eigenvalue weighted by Crippen LogP contribution is 2.23. The zero-order chi connectivity index (χ0) is 15.4. The summed E-state index contributed by atoms with van der Waals surface area (Å²) in [6.07, 6.45) is 0. The monoisotopic (exact) mass is 401 g/mol. The third kappa shape index (κ3) is 4.51. The van der Waals surface area contributed by atoms with Crippen molar-refractivity contribution in [3.8, 4) is 0 Å². The van der Waals surface area contributed by atoms with Gasteiger partial charge in [0.15, 0.2) is 5.11 Å². The molecule has 0 amide bonds. The highest BCUT2D eigenvalue weighted by atomic mass is 79.9. The van der Waals surface area contributed by atoms with Crippen LogP contribution < -0.4 is 10.7 Å². The second-order valence-corrected chi connectivity index (χ2v) is 7.56. The highest BCUT2D eigenvalue weighted by Gasteiger charge is 2.05. The van der Waals surface area contributed by atoms with E-state index < -0.39 is 0 Å². The molecule has 21 heavy (non-hydrogen) atoms. The summed E-state index contributed by atoms with van der Waals surface area (Å²) in [6, 6.07) is 9.63. The Morgan fingerprint density at radius 3 is 2.76 bits per heavy atom. The van der Waals surface area contributed by atoms with Gasteiger partial charge in [0.1, 0.15) is 0 Å². The SMILES string of the molecule is C/C(=N\NC(=S)Nc1cccc(Cl)c1C)c1ccc(Br)s1. The molecule has 0 saturated heterocycles. The lowest BCUT2D eigenvalue weighted by Crippen LogP contribution is -2.25. The second kappa shape index (κ2) is 7.35. The van der Waals surface area contributed by atoms with Crippen molar-refractivity contribution >= 4 is 67.6 Å². The van der Waals surface area contributed by atoms with Gasteiger partial charge in [-0.25, -0.2) is 0 Å². The predicted molar refractivity (Wildman–Crippen MR) is 99.8 cm³/mol.